The van der Waals surface area contributed by atoms with E-state index in [4.69, 9.17) is 24.7 Å². The molecule has 7 atom stereocenters. The molecule has 6 unspecified atom stereocenters. The fourth-order valence-electron chi connectivity index (χ4n) is 3.90. The molecule has 0 radical (unpaired) electrons. The molecule has 0 aliphatic rings. The molecule has 0 aromatic heterocycles. The van der Waals surface area contributed by atoms with Crippen molar-refractivity contribution < 1.29 is 43.2 Å². The number of carboxylic acid groups (broad SMARTS) is 1. The standard InChI is InChI=1S/C30H47NO9/c1-9-17(4)14-25(32)39-23-13-12-22(16-24(23)40-26(33)15-18(5)10-2)27(28(31)29(34)35)20(7)21(8)38-30(36)37-19(6)11-3/h12-13,16-21,27-28H,9-11,14-15,31H2,1-8H3,(H,34,35)/t17?,18?,19?,20?,21?,27?,28-/m0/s1. The minimum atomic E-state index is -1.38. The number of hydrogen-bond acceptors (Lipinski definition) is 9. The highest BCUT2D eigenvalue weighted by Crippen LogP contribution is 2.37. The molecule has 0 aliphatic heterocycles. The minimum absolute atomic E-state index is 0.0113. The van der Waals surface area contributed by atoms with Gasteiger partial charge in [0.15, 0.2) is 11.5 Å². The van der Waals surface area contributed by atoms with Crippen LogP contribution in [0.4, 0.5) is 4.79 Å². The summed E-state index contributed by atoms with van der Waals surface area (Å²) >= 11 is 0. The molecule has 10 nitrogen and oxygen atoms in total. The topological polar surface area (TPSA) is 151 Å². The van der Waals surface area contributed by atoms with E-state index in [9.17, 15) is 24.3 Å². The summed E-state index contributed by atoms with van der Waals surface area (Å²) in [6, 6.07) is 3.13. The number of benzene rings is 1. The Morgan fingerprint density at radius 2 is 1.32 bits per heavy atom. The van der Waals surface area contributed by atoms with Crippen LogP contribution in [0.3, 0.4) is 0 Å². The van der Waals surface area contributed by atoms with Crippen molar-refractivity contribution in [1.29, 1.82) is 0 Å². The lowest BCUT2D eigenvalue weighted by molar-refractivity contribution is -0.140. The van der Waals surface area contributed by atoms with Gasteiger partial charge >= 0.3 is 24.1 Å². The SMILES string of the molecule is CCC(C)CC(=O)Oc1ccc(C(C(C)C(C)OC(=O)OC(C)CC)[C@H](N)C(=O)O)cc1OC(=O)CC(C)CC. The zero-order chi connectivity index (χ0) is 30.6. The van der Waals surface area contributed by atoms with E-state index in [0.717, 1.165) is 12.8 Å². The Morgan fingerprint density at radius 1 is 0.800 bits per heavy atom. The molecule has 0 bridgehead atoms. The molecule has 0 aliphatic carbocycles. The van der Waals surface area contributed by atoms with Crippen molar-refractivity contribution in [1.82, 2.24) is 0 Å². The van der Waals surface area contributed by atoms with Crippen LogP contribution in [0.15, 0.2) is 18.2 Å². The van der Waals surface area contributed by atoms with Crippen LogP contribution in [-0.4, -0.2) is 47.4 Å². The lowest BCUT2D eigenvalue weighted by Gasteiger charge is -2.31. The van der Waals surface area contributed by atoms with Gasteiger partial charge in [-0.1, -0.05) is 60.5 Å². The normalized spacial score (nSPS) is 16.4. The molecule has 1 aromatic carbocycles. The molecule has 1 aromatic rings. The maximum absolute atomic E-state index is 12.7. The predicted octanol–water partition coefficient (Wildman–Crippen LogP) is 5.84. The number of rotatable bonds is 16. The number of nitrogens with two attached hydrogens (primary N) is 1. The molecule has 0 fully saturated rings. The van der Waals surface area contributed by atoms with Crippen LogP contribution in [0.1, 0.15) is 99.0 Å². The molecule has 0 heterocycles. The zero-order valence-electron chi connectivity index (χ0n) is 25.1. The van der Waals surface area contributed by atoms with Gasteiger partial charge in [0.05, 0.1) is 0 Å². The number of esters is 2. The Bertz CT molecular complexity index is 995. The summed E-state index contributed by atoms with van der Waals surface area (Å²) in [6.45, 7) is 14.7. The lowest BCUT2D eigenvalue weighted by Crippen LogP contribution is -2.42. The van der Waals surface area contributed by atoms with E-state index in [-0.39, 0.29) is 42.3 Å². The first-order chi connectivity index (χ1) is 18.7. The number of aliphatic carboxylic acids is 1. The number of carbonyl (C=O) groups excluding carboxylic acids is 3. The van der Waals surface area contributed by atoms with E-state index in [0.29, 0.717) is 12.0 Å². The number of carboxylic acids is 1. The Hall–Kier alpha value is -3.14. The van der Waals surface area contributed by atoms with Crippen molar-refractivity contribution in [3.8, 4) is 11.5 Å². The first kappa shape index (κ1) is 34.9. The Morgan fingerprint density at radius 3 is 1.80 bits per heavy atom. The largest absolute Gasteiger partial charge is 0.508 e. The molecule has 40 heavy (non-hydrogen) atoms. The predicted molar refractivity (Wildman–Crippen MR) is 150 cm³/mol. The molecule has 0 spiro atoms. The minimum Gasteiger partial charge on any atom is -0.480 e. The van der Waals surface area contributed by atoms with Crippen LogP contribution in [0.2, 0.25) is 0 Å². The highest BCUT2D eigenvalue weighted by atomic mass is 16.7. The third kappa shape index (κ3) is 11.2. The molecule has 3 N–H and O–H groups in total. The molecule has 10 heteroatoms. The molecule has 0 saturated heterocycles. The summed E-state index contributed by atoms with van der Waals surface area (Å²) in [5, 5.41) is 9.79. The van der Waals surface area contributed by atoms with E-state index in [1.807, 2.05) is 34.6 Å². The second kappa shape index (κ2) is 16.8. The fraction of sp³-hybridized carbons (Fsp3) is 0.667. The maximum Gasteiger partial charge on any atom is 0.508 e. The quantitative estimate of drug-likeness (QED) is 0.185. The van der Waals surface area contributed by atoms with Crippen LogP contribution in [0, 0.1) is 17.8 Å². The number of carbonyl (C=O) groups is 4. The summed E-state index contributed by atoms with van der Waals surface area (Å²) in [4.78, 5) is 49.4. The van der Waals surface area contributed by atoms with Crippen molar-refractivity contribution in [2.24, 2.45) is 23.5 Å². The van der Waals surface area contributed by atoms with Gasteiger partial charge in [0.1, 0.15) is 18.2 Å². The van der Waals surface area contributed by atoms with Gasteiger partial charge in [-0.3, -0.25) is 14.4 Å². The molecular weight excluding hydrogens is 518 g/mol. The summed E-state index contributed by atoms with van der Waals surface area (Å²) in [5.74, 6) is -3.47. The third-order valence-corrected chi connectivity index (χ3v) is 7.36. The lowest BCUT2D eigenvalue weighted by atomic mass is 9.79. The first-order valence-corrected chi connectivity index (χ1v) is 14.1. The van der Waals surface area contributed by atoms with E-state index in [1.165, 1.54) is 12.1 Å². The smallest absolute Gasteiger partial charge is 0.480 e. The van der Waals surface area contributed by atoms with Gasteiger partial charge in [0, 0.05) is 24.7 Å². The Balaban J connectivity index is 3.43. The van der Waals surface area contributed by atoms with Crippen molar-refractivity contribution in [2.45, 2.75) is 112 Å². The Kier molecular flexibility index (Phi) is 14.7. The summed E-state index contributed by atoms with van der Waals surface area (Å²) in [7, 11) is 0. The average molecular weight is 566 g/mol. The van der Waals surface area contributed by atoms with Gasteiger partial charge in [0.25, 0.3) is 0 Å². The third-order valence-electron chi connectivity index (χ3n) is 7.36. The van der Waals surface area contributed by atoms with Gasteiger partial charge in [-0.25, -0.2) is 4.79 Å². The zero-order valence-corrected chi connectivity index (χ0v) is 25.1. The highest BCUT2D eigenvalue weighted by Gasteiger charge is 2.36. The van der Waals surface area contributed by atoms with Gasteiger partial charge in [-0.05, 0) is 49.8 Å². The second-order valence-electron chi connectivity index (χ2n) is 10.7. The van der Waals surface area contributed by atoms with Crippen LogP contribution >= 0.6 is 0 Å². The van der Waals surface area contributed by atoms with Gasteiger partial charge in [-0.2, -0.15) is 0 Å². The fourth-order valence-corrected chi connectivity index (χ4v) is 3.90. The van der Waals surface area contributed by atoms with Gasteiger partial charge in [-0.15, -0.1) is 0 Å². The van der Waals surface area contributed by atoms with E-state index < -0.39 is 48.0 Å². The van der Waals surface area contributed by atoms with Crippen LogP contribution in [-0.2, 0) is 23.9 Å². The van der Waals surface area contributed by atoms with Crippen molar-refractivity contribution in [3.63, 3.8) is 0 Å². The highest BCUT2D eigenvalue weighted by molar-refractivity contribution is 5.77. The monoisotopic (exact) mass is 565 g/mol. The summed E-state index contributed by atoms with van der Waals surface area (Å²) in [5.41, 5.74) is 6.54. The molecule has 0 saturated carbocycles. The average Bonchev–Trinajstić information content (AvgIpc) is 2.89. The second-order valence-corrected chi connectivity index (χ2v) is 10.7. The molecule has 1 rings (SSSR count). The van der Waals surface area contributed by atoms with Crippen molar-refractivity contribution >= 4 is 24.1 Å². The summed E-state index contributed by atoms with van der Waals surface area (Å²) < 4.78 is 21.8. The first-order valence-electron chi connectivity index (χ1n) is 14.1. The molecular formula is C30H47NO9. The van der Waals surface area contributed by atoms with Crippen LogP contribution < -0.4 is 15.2 Å². The Labute approximate surface area is 237 Å². The number of ether oxygens (including phenoxy) is 4. The van der Waals surface area contributed by atoms with Crippen LogP contribution in [0.5, 0.6) is 11.5 Å². The van der Waals surface area contributed by atoms with Gasteiger partial charge in [0.2, 0.25) is 0 Å². The van der Waals surface area contributed by atoms with Crippen LogP contribution in [0.25, 0.3) is 0 Å². The van der Waals surface area contributed by atoms with Crippen molar-refractivity contribution in [3.05, 3.63) is 23.8 Å². The maximum atomic E-state index is 12.7. The molecule has 226 valence electrons. The van der Waals surface area contributed by atoms with Crippen molar-refractivity contribution in [2.75, 3.05) is 0 Å². The molecule has 0 amide bonds. The van der Waals surface area contributed by atoms with E-state index in [1.54, 1.807) is 26.8 Å². The van der Waals surface area contributed by atoms with E-state index in [2.05, 4.69) is 0 Å². The summed E-state index contributed by atoms with van der Waals surface area (Å²) in [6.07, 6.45) is 0.547. The van der Waals surface area contributed by atoms with E-state index >= 15 is 0 Å². The number of hydrogen-bond donors (Lipinski definition) is 2. The van der Waals surface area contributed by atoms with Gasteiger partial charge < -0.3 is 29.8 Å².